The number of benzene rings is 2. The second kappa shape index (κ2) is 9.80. The summed E-state index contributed by atoms with van der Waals surface area (Å²) in [6, 6.07) is 13.1. The molecule has 1 aromatic heterocycles. The van der Waals surface area contributed by atoms with Gasteiger partial charge in [0, 0.05) is 5.02 Å². The molecule has 1 unspecified atom stereocenters. The van der Waals surface area contributed by atoms with Crippen LogP contribution in [0.2, 0.25) is 5.02 Å². The fourth-order valence-corrected chi connectivity index (χ4v) is 3.28. The summed E-state index contributed by atoms with van der Waals surface area (Å²) in [6.45, 7) is 6.24. The van der Waals surface area contributed by atoms with E-state index >= 15 is 0 Å². The number of rotatable bonds is 8. The first-order valence-corrected chi connectivity index (χ1v) is 10.5. The van der Waals surface area contributed by atoms with Crippen molar-refractivity contribution in [3.63, 3.8) is 0 Å². The Kier molecular flexibility index (Phi) is 7.17. The molecular formula is C21H22ClN3O3S. The maximum atomic E-state index is 12.2. The number of carbonyl (C=O) groups is 1. The third-order valence-corrected chi connectivity index (χ3v) is 5.43. The third-order valence-electron chi connectivity index (χ3n) is 4.36. The van der Waals surface area contributed by atoms with E-state index in [1.165, 1.54) is 22.9 Å². The number of aromatic nitrogens is 2. The summed E-state index contributed by atoms with van der Waals surface area (Å²) in [4.78, 5) is 12.2. The smallest absolute Gasteiger partial charge is 0.277 e. The Morgan fingerprint density at radius 3 is 2.66 bits per heavy atom. The maximum Gasteiger partial charge on any atom is 0.277 e. The summed E-state index contributed by atoms with van der Waals surface area (Å²) in [5, 5.41) is 11.8. The van der Waals surface area contributed by atoms with E-state index in [4.69, 9.17) is 20.8 Å². The molecule has 0 fully saturated rings. The first-order valence-electron chi connectivity index (χ1n) is 9.11. The molecule has 3 aromatic rings. The Balaban J connectivity index is 1.45. The molecule has 3 rings (SSSR count). The van der Waals surface area contributed by atoms with Gasteiger partial charge in [0.2, 0.25) is 5.91 Å². The summed E-state index contributed by atoms with van der Waals surface area (Å²) in [5.74, 6) is 1.08. The summed E-state index contributed by atoms with van der Waals surface area (Å²) in [6.07, 6.45) is 0. The Hall–Kier alpha value is -2.51. The number of nitrogens with zero attached hydrogens (tertiary/aromatic N) is 2. The molecule has 1 N–H and O–H groups in total. The number of carbonyl (C=O) groups excluding carboxylic acids is 1. The maximum absolute atomic E-state index is 12.2. The summed E-state index contributed by atoms with van der Waals surface area (Å²) in [7, 11) is 0. The molecule has 29 heavy (non-hydrogen) atoms. The lowest BCUT2D eigenvalue weighted by atomic mass is 10.0. The van der Waals surface area contributed by atoms with Gasteiger partial charge in [-0.3, -0.25) is 4.79 Å². The zero-order chi connectivity index (χ0) is 20.8. The fraction of sp³-hybridized carbons (Fsp3) is 0.286. The van der Waals surface area contributed by atoms with E-state index in [1.807, 2.05) is 13.0 Å². The summed E-state index contributed by atoms with van der Waals surface area (Å²) in [5.41, 5.74) is 3.51. The van der Waals surface area contributed by atoms with Gasteiger partial charge in [-0.1, -0.05) is 41.6 Å². The van der Waals surface area contributed by atoms with Gasteiger partial charge in [0.1, 0.15) is 5.75 Å². The van der Waals surface area contributed by atoms with Crippen LogP contribution in [0.3, 0.4) is 0 Å². The predicted octanol–water partition coefficient (Wildman–Crippen LogP) is 4.89. The van der Waals surface area contributed by atoms with Crippen LogP contribution in [0.1, 0.15) is 35.5 Å². The average Bonchev–Trinajstić information content (AvgIpc) is 3.16. The van der Waals surface area contributed by atoms with E-state index in [0.717, 1.165) is 5.56 Å². The van der Waals surface area contributed by atoms with Crippen molar-refractivity contribution in [2.24, 2.45) is 0 Å². The minimum absolute atomic E-state index is 0.0755. The summed E-state index contributed by atoms with van der Waals surface area (Å²) < 4.78 is 11.1. The summed E-state index contributed by atoms with van der Waals surface area (Å²) >= 11 is 7.03. The molecule has 0 aliphatic rings. The monoisotopic (exact) mass is 431 g/mol. The second-order valence-electron chi connectivity index (χ2n) is 6.63. The van der Waals surface area contributed by atoms with Crippen molar-refractivity contribution in [2.45, 2.75) is 38.6 Å². The normalized spacial score (nSPS) is 11.9. The van der Waals surface area contributed by atoms with Gasteiger partial charge >= 0.3 is 0 Å². The van der Waals surface area contributed by atoms with Gasteiger partial charge < -0.3 is 14.5 Å². The van der Waals surface area contributed by atoms with Gasteiger partial charge in [-0.05, 0) is 61.7 Å². The van der Waals surface area contributed by atoms with Crippen LogP contribution in [0.4, 0.5) is 0 Å². The third kappa shape index (κ3) is 6.24. The van der Waals surface area contributed by atoms with Gasteiger partial charge in [0.15, 0.2) is 6.61 Å². The number of thioether (sulfide) groups is 1. The van der Waals surface area contributed by atoms with E-state index in [1.54, 1.807) is 24.3 Å². The van der Waals surface area contributed by atoms with Crippen LogP contribution in [0.25, 0.3) is 0 Å². The van der Waals surface area contributed by atoms with Crippen molar-refractivity contribution in [1.82, 2.24) is 15.5 Å². The number of nitrogens with one attached hydrogen (secondary N) is 1. The van der Waals surface area contributed by atoms with E-state index in [-0.39, 0.29) is 24.3 Å². The molecule has 0 radical (unpaired) electrons. The minimum atomic E-state index is -0.0992. The Bertz CT molecular complexity index is 976. The van der Waals surface area contributed by atoms with E-state index in [2.05, 4.69) is 41.5 Å². The van der Waals surface area contributed by atoms with Crippen molar-refractivity contribution in [2.75, 3.05) is 5.75 Å². The molecule has 1 amide bonds. The molecule has 8 heteroatoms. The predicted molar refractivity (Wildman–Crippen MR) is 113 cm³/mol. The number of hydrogen-bond donors (Lipinski definition) is 1. The molecule has 0 aliphatic heterocycles. The number of amides is 1. The zero-order valence-electron chi connectivity index (χ0n) is 16.4. The quantitative estimate of drug-likeness (QED) is 0.512. The fourth-order valence-electron chi connectivity index (χ4n) is 2.56. The van der Waals surface area contributed by atoms with Crippen LogP contribution in [-0.4, -0.2) is 21.9 Å². The molecule has 0 bridgehead atoms. The second-order valence-corrected chi connectivity index (χ2v) is 7.99. The van der Waals surface area contributed by atoms with Crippen molar-refractivity contribution >= 4 is 29.3 Å². The first-order chi connectivity index (χ1) is 13.9. The van der Waals surface area contributed by atoms with Gasteiger partial charge in [-0.25, -0.2) is 0 Å². The van der Waals surface area contributed by atoms with E-state index < -0.39 is 0 Å². The van der Waals surface area contributed by atoms with Gasteiger partial charge in [-0.2, -0.15) is 0 Å². The molecule has 152 valence electrons. The number of hydrogen-bond acceptors (Lipinski definition) is 6. The van der Waals surface area contributed by atoms with Crippen LogP contribution in [-0.2, 0) is 11.4 Å². The Morgan fingerprint density at radius 1 is 1.17 bits per heavy atom. The topological polar surface area (TPSA) is 77.2 Å². The van der Waals surface area contributed by atoms with Crippen LogP contribution in [0, 0.1) is 13.8 Å². The highest BCUT2D eigenvalue weighted by Gasteiger charge is 2.13. The Morgan fingerprint density at radius 2 is 1.93 bits per heavy atom. The number of ether oxygens (including phenoxy) is 1. The standard InChI is InChI=1S/C21H22ClN3O3S/c1-13-4-5-16(10-14(13)2)15(3)23-19(26)12-29-21-25-24-20(28-21)11-27-18-8-6-17(22)7-9-18/h4-10,15H,11-12H2,1-3H3,(H,23,26). The highest BCUT2D eigenvalue weighted by molar-refractivity contribution is 7.99. The van der Waals surface area contributed by atoms with Gasteiger partial charge in [0.05, 0.1) is 11.8 Å². The highest BCUT2D eigenvalue weighted by atomic mass is 35.5. The number of halogens is 1. The molecule has 2 aromatic carbocycles. The molecule has 0 saturated carbocycles. The van der Waals surface area contributed by atoms with Crippen LogP contribution >= 0.6 is 23.4 Å². The van der Waals surface area contributed by atoms with Crippen LogP contribution < -0.4 is 10.1 Å². The lowest BCUT2D eigenvalue weighted by Gasteiger charge is -2.15. The van der Waals surface area contributed by atoms with Crippen LogP contribution in [0.15, 0.2) is 52.1 Å². The van der Waals surface area contributed by atoms with Crippen molar-refractivity contribution in [1.29, 1.82) is 0 Å². The minimum Gasteiger partial charge on any atom is -0.484 e. The van der Waals surface area contributed by atoms with Gasteiger partial charge in [-0.15, -0.1) is 10.2 Å². The molecule has 1 atom stereocenters. The lowest BCUT2D eigenvalue weighted by molar-refractivity contribution is -0.119. The van der Waals surface area contributed by atoms with E-state index in [0.29, 0.717) is 21.9 Å². The molecule has 6 nitrogen and oxygen atoms in total. The molecule has 0 saturated heterocycles. The van der Waals surface area contributed by atoms with Crippen molar-refractivity contribution in [3.8, 4) is 5.75 Å². The molecule has 0 spiro atoms. The molecular weight excluding hydrogens is 410 g/mol. The SMILES string of the molecule is Cc1ccc(C(C)NC(=O)CSc2nnc(COc3ccc(Cl)cc3)o2)cc1C. The van der Waals surface area contributed by atoms with Crippen LogP contribution in [0.5, 0.6) is 5.75 Å². The largest absolute Gasteiger partial charge is 0.484 e. The molecule has 1 heterocycles. The number of aryl methyl sites for hydroxylation is 2. The first kappa shape index (κ1) is 21.2. The zero-order valence-corrected chi connectivity index (χ0v) is 18.0. The van der Waals surface area contributed by atoms with E-state index in [9.17, 15) is 4.79 Å². The van der Waals surface area contributed by atoms with Crippen molar-refractivity contribution in [3.05, 3.63) is 70.1 Å². The molecule has 0 aliphatic carbocycles. The average molecular weight is 432 g/mol. The lowest BCUT2D eigenvalue weighted by Crippen LogP contribution is -2.28. The van der Waals surface area contributed by atoms with Gasteiger partial charge in [0.25, 0.3) is 11.1 Å². The van der Waals surface area contributed by atoms with Crippen molar-refractivity contribution < 1.29 is 13.9 Å². The highest BCUT2D eigenvalue weighted by Crippen LogP contribution is 2.20. The Labute approximate surface area is 179 Å².